The Kier molecular flexibility index (Phi) is 10.6. The molecule has 41 heavy (non-hydrogen) atoms. The van der Waals surface area contributed by atoms with Gasteiger partial charge in [-0.2, -0.15) is 13.2 Å². The van der Waals surface area contributed by atoms with Gasteiger partial charge in [0.25, 0.3) is 0 Å². The molecule has 0 bridgehead atoms. The average molecular weight is 590 g/mol. The summed E-state index contributed by atoms with van der Waals surface area (Å²) in [7, 11) is 0. The first-order valence-electron chi connectivity index (χ1n) is 12.7. The lowest BCUT2D eigenvalue weighted by Crippen LogP contribution is -2.47. The van der Waals surface area contributed by atoms with Gasteiger partial charge in [-0.25, -0.2) is 9.59 Å². The third-order valence-corrected chi connectivity index (χ3v) is 6.81. The number of hydrogen-bond acceptors (Lipinski definition) is 7. The lowest BCUT2D eigenvalue weighted by atomic mass is 9.99. The number of likely N-dealkylation sites (tertiary alicyclic amines) is 1. The van der Waals surface area contributed by atoms with Crippen LogP contribution >= 0.6 is 11.6 Å². The zero-order valence-electron chi connectivity index (χ0n) is 22.4. The summed E-state index contributed by atoms with van der Waals surface area (Å²) in [6, 6.07) is 12.8. The second kappa shape index (κ2) is 13.9. The Labute approximate surface area is 240 Å². The van der Waals surface area contributed by atoms with Gasteiger partial charge >= 0.3 is 12.2 Å². The SMILES string of the molecule is Cc1ccc(C(=N)N(CCC(F)(F)F)C(=O)NC/C(N)=C2\CCN(C(N)=C=O)CC2=NCc2ccccc2Cl)cc1. The van der Waals surface area contributed by atoms with Crippen LogP contribution in [0.5, 0.6) is 0 Å². The number of hydrogen-bond donors (Lipinski definition) is 4. The molecule has 1 aliphatic heterocycles. The number of piperidine rings is 1. The molecule has 2 aromatic carbocycles. The summed E-state index contributed by atoms with van der Waals surface area (Å²) in [5.41, 5.74) is 15.5. The van der Waals surface area contributed by atoms with E-state index in [2.05, 4.69) is 10.3 Å². The molecule has 0 aliphatic carbocycles. The van der Waals surface area contributed by atoms with Crippen molar-refractivity contribution in [3.8, 4) is 0 Å². The highest BCUT2D eigenvalue weighted by molar-refractivity contribution is 6.31. The Morgan fingerprint density at radius 2 is 1.88 bits per heavy atom. The fourth-order valence-corrected chi connectivity index (χ4v) is 4.30. The van der Waals surface area contributed by atoms with E-state index in [1.54, 1.807) is 47.2 Å². The topological polar surface area (TPSA) is 141 Å². The number of nitrogens with two attached hydrogens (primary N) is 2. The molecule has 2 aromatic rings. The van der Waals surface area contributed by atoms with Crippen LogP contribution in [0.4, 0.5) is 18.0 Å². The van der Waals surface area contributed by atoms with E-state index < -0.39 is 25.2 Å². The minimum absolute atomic E-state index is 0.0868. The van der Waals surface area contributed by atoms with E-state index >= 15 is 0 Å². The zero-order chi connectivity index (χ0) is 30.2. The van der Waals surface area contributed by atoms with Gasteiger partial charge in [0, 0.05) is 29.4 Å². The van der Waals surface area contributed by atoms with Crippen molar-refractivity contribution in [2.24, 2.45) is 16.5 Å². The highest BCUT2D eigenvalue weighted by atomic mass is 35.5. The van der Waals surface area contributed by atoms with Gasteiger partial charge in [-0.3, -0.25) is 15.3 Å². The van der Waals surface area contributed by atoms with Crippen molar-refractivity contribution >= 4 is 35.1 Å². The normalized spacial score (nSPS) is 15.7. The third kappa shape index (κ3) is 8.86. The van der Waals surface area contributed by atoms with Crippen molar-refractivity contribution < 1.29 is 22.8 Å². The predicted octanol–water partition coefficient (Wildman–Crippen LogP) is 4.13. The molecule has 6 N–H and O–H groups in total. The van der Waals surface area contributed by atoms with E-state index in [-0.39, 0.29) is 37.0 Å². The molecule has 0 radical (unpaired) electrons. The predicted molar refractivity (Wildman–Crippen MR) is 152 cm³/mol. The van der Waals surface area contributed by atoms with Gasteiger partial charge in [0.15, 0.2) is 11.8 Å². The number of halogens is 4. The van der Waals surface area contributed by atoms with Crippen LogP contribution in [0.1, 0.15) is 29.5 Å². The first-order chi connectivity index (χ1) is 19.4. The van der Waals surface area contributed by atoms with Crippen molar-refractivity contribution in [1.82, 2.24) is 15.1 Å². The molecule has 0 saturated carbocycles. The van der Waals surface area contributed by atoms with Gasteiger partial charge in [-0.05, 0) is 30.5 Å². The van der Waals surface area contributed by atoms with E-state index in [1.165, 1.54) is 0 Å². The standard InChI is InChI=1S/C28H31ClF3N7O2/c1-18-6-8-19(9-7-18)26(35)39(13-11-28(30,31)32)27(41)37-15-23(33)21-10-12-38(25(34)17-40)16-24(21)36-14-20-4-2-3-5-22(20)29/h2-9,35H,10-16,33-34H2,1H3,(H,37,41)/b23-21-,35-26?,36-24?. The van der Waals surface area contributed by atoms with Crippen LogP contribution in [-0.4, -0.2) is 65.7 Å². The Morgan fingerprint density at radius 3 is 2.51 bits per heavy atom. The summed E-state index contributed by atoms with van der Waals surface area (Å²) in [5, 5.41) is 11.5. The number of carbonyl (C=O) groups excluding carboxylic acids is 2. The molecular formula is C28H31ClF3N7O2. The summed E-state index contributed by atoms with van der Waals surface area (Å²) in [6.07, 6.45) is -5.47. The number of carbonyl (C=O) groups is 1. The maximum Gasteiger partial charge on any atom is 0.390 e. The van der Waals surface area contributed by atoms with Gasteiger partial charge in [0.2, 0.25) is 0 Å². The Hall–Kier alpha value is -4.28. The number of nitrogens with one attached hydrogen (secondary N) is 2. The number of amides is 2. The first-order valence-corrected chi connectivity index (χ1v) is 13.0. The fraction of sp³-hybridized carbons (Fsp3) is 0.321. The molecule has 0 aromatic heterocycles. The first kappa shape index (κ1) is 31.3. The van der Waals surface area contributed by atoms with Gasteiger partial charge in [-0.1, -0.05) is 59.6 Å². The summed E-state index contributed by atoms with van der Waals surface area (Å²) in [6.45, 7) is 1.60. The molecule has 0 atom stereocenters. The second-order valence-corrected chi connectivity index (χ2v) is 9.81. The number of benzene rings is 2. The van der Waals surface area contributed by atoms with Crippen LogP contribution in [0.2, 0.25) is 5.02 Å². The maximum atomic E-state index is 13.1. The highest BCUT2D eigenvalue weighted by Gasteiger charge is 2.31. The minimum Gasteiger partial charge on any atom is -0.400 e. The van der Waals surface area contributed by atoms with Gasteiger partial charge in [0.05, 0.1) is 31.8 Å². The summed E-state index contributed by atoms with van der Waals surface area (Å²) in [5.74, 6) is 1.21. The molecule has 1 aliphatic rings. The van der Waals surface area contributed by atoms with Crippen LogP contribution in [0.25, 0.3) is 0 Å². The molecule has 0 spiro atoms. The van der Waals surface area contributed by atoms with E-state index in [1.807, 2.05) is 19.1 Å². The second-order valence-electron chi connectivity index (χ2n) is 9.41. The Bertz CT molecular complexity index is 1380. The average Bonchev–Trinajstić information content (AvgIpc) is 2.94. The van der Waals surface area contributed by atoms with Crippen molar-refractivity contribution in [2.45, 2.75) is 32.5 Å². The fourth-order valence-electron chi connectivity index (χ4n) is 4.11. The molecule has 9 nitrogen and oxygen atoms in total. The smallest absolute Gasteiger partial charge is 0.390 e. The zero-order valence-corrected chi connectivity index (χ0v) is 23.1. The number of rotatable bonds is 8. The molecule has 218 valence electrons. The number of urea groups is 1. The van der Waals surface area contributed by atoms with E-state index in [0.717, 1.165) is 16.0 Å². The van der Waals surface area contributed by atoms with Crippen LogP contribution in [0.15, 0.2) is 70.6 Å². The van der Waals surface area contributed by atoms with E-state index in [4.69, 9.17) is 28.5 Å². The van der Waals surface area contributed by atoms with E-state index in [0.29, 0.717) is 34.8 Å². The molecule has 2 amide bonds. The van der Waals surface area contributed by atoms with Crippen LogP contribution < -0.4 is 16.8 Å². The van der Waals surface area contributed by atoms with Crippen molar-refractivity contribution in [3.05, 3.63) is 87.3 Å². The highest BCUT2D eigenvalue weighted by Crippen LogP contribution is 2.22. The van der Waals surface area contributed by atoms with Crippen LogP contribution in [0, 0.1) is 12.3 Å². The minimum atomic E-state index is -4.52. The van der Waals surface area contributed by atoms with Crippen molar-refractivity contribution in [1.29, 1.82) is 5.41 Å². The molecule has 1 fully saturated rings. The summed E-state index contributed by atoms with van der Waals surface area (Å²) in [4.78, 5) is 31.1. The molecule has 3 rings (SSSR count). The molecule has 13 heteroatoms. The number of nitrogens with zero attached hydrogens (tertiary/aromatic N) is 3. The monoisotopic (exact) mass is 589 g/mol. The molecule has 1 saturated heterocycles. The number of aryl methyl sites for hydroxylation is 1. The maximum absolute atomic E-state index is 13.1. The van der Waals surface area contributed by atoms with Gasteiger partial charge in [0.1, 0.15) is 5.84 Å². The third-order valence-electron chi connectivity index (χ3n) is 6.44. The van der Waals surface area contributed by atoms with Gasteiger partial charge < -0.3 is 21.7 Å². The lowest BCUT2D eigenvalue weighted by Gasteiger charge is -2.31. The van der Waals surface area contributed by atoms with Gasteiger partial charge in [-0.15, -0.1) is 0 Å². The quantitative estimate of drug-likeness (QED) is 0.208. The van der Waals surface area contributed by atoms with E-state index in [9.17, 15) is 22.8 Å². The molecule has 1 heterocycles. The van der Waals surface area contributed by atoms with Crippen LogP contribution in [0.3, 0.4) is 0 Å². The summed E-state index contributed by atoms with van der Waals surface area (Å²) < 4.78 is 39.0. The molecule has 0 unspecified atom stereocenters. The van der Waals surface area contributed by atoms with Crippen LogP contribution in [-0.2, 0) is 11.3 Å². The Morgan fingerprint density at radius 1 is 1.20 bits per heavy atom. The number of amidine groups is 1. The lowest BCUT2D eigenvalue weighted by molar-refractivity contribution is -0.135. The van der Waals surface area contributed by atoms with Crippen molar-refractivity contribution in [3.63, 3.8) is 0 Å². The number of aliphatic imine (C=N–C) groups is 1. The molecular weight excluding hydrogens is 559 g/mol. The number of alkyl halides is 3. The largest absolute Gasteiger partial charge is 0.400 e. The summed E-state index contributed by atoms with van der Waals surface area (Å²) >= 11 is 6.26. The van der Waals surface area contributed by atoms with Crippen molar-refractivity contribution in [2.75, 3.05) is 26.2 Å². The Balaban J connectivity index is 1.82.